The zero-order valence-corrected chi connectivity index (χ0v) is 15.4. The molecular weight excluding hydrogens is 312 g/mol. The van der Waals surface area contributed by atoms with E-state index in [2.05, 4.69) is 37.9 Å². The quantitative estimate of drug-likeness (QED) is 0.795. The molecule has 1 fully saturated rings. The van der Waals surface area contributed by atoms with E-state index in [-0.39, 0.29) is 0 Å². The molecule has 1 aromatic rings. The van der Waals surface area contributed by atoms with Crippen LogP contribution in [0.3, 0.4) is 0 Å². The number of benzene rings is 1. The molecule has 0 amide bonds. The van der Waals surface area contributed by atoms with E-state index in [1.54, 1.807) is 4.31 Å². The number of rotatable bonds is 6. The van der Waals surface area contributed by atoms with E-state index < -0.39 is 10.0 Å². The molecule has 0 bridgehead atoms. The molecule has 0 saturated carbocycles. The van der Waals surface area contributed by atoms with Gasteiger partial charge < -0.3 is 4.74 Å². The third-order valence-electron chi connectivity index (χ3n) is 4.71. The van der Waals surface area contributed by atoms with Crippen molar-refractivity contribution in [2.24, 2.45) is 0 Å². The van der Waals surface area contributed by atoms with Gasteiger partial charge in [0.1, 0.15) is 12.4 Å². The van der Waals surface area contributed by atoms with Crippen LogP contribution < -0.4 is 4.74 Å². The highest BCUT2D eigenvalue weighted by Crippen LogP contribution is 2.18. The first-order valence-corrected chi connectivity index (χ1v) is 9.97. The van der Waals surface area contributed by atoms with Crippen LogP contribution in [0.25, 0.3) is 0 Å². The summed E-state index contributed by atoms with van der Waals surface area (Å²) in [7, 11) is -0.958. The van der Waals surface area contributed by atoms with Gasteiger partial charge in [0, 0.05) is 25.7 Å². The Morgan fingerprint density at radius 2 is 1.87 bits per heavy atom. The molecule has 1 saturated heterocycles. The maximum Gasteiger partial charge on any atom is 0.211 e. The van der Waals surface area contributed by atoms with Crippen molar-refractivity contribution in [2.45, 2.75) is 32.7 Å². The van der Waals surface area contributed by atoms with Gasteiger partial charge in [-0.05, 0) is 57.0 Å². The summed E-state index contributed by atoms with van der Waals surface area (Å²) in [5, 5.41) is 0. The molecule has 0 spiro atoms. The summed E-state index contributed by atoms with van der Waals surface area (Å²) in [6.45, 7) is 6.90. The predicted molar refractivity (Wildman–Crippen MR) is 93.5 cm³/mol. The second kappa shape index (κ2) is 7.64. The van der Waals surface area contributed by atoms with Crippen molar-refractivity contribution in [3.05, 3.63) is 29.3 Å². The van der Waals surface area contributed by atoms with E-state index in [1.165, 1.54) is 17.4 Å². The van der Waals surface area contributed by atoms with Crippen molar-refractivity contribution < 1.29 is 13.2 Å². The second-order valence-electron chi connectivity index (χ2n) is 6.47. The van der Waals surface area contributed by atoms with Crippen molar-refractivity contribution >= 4 is 10.0 Å². The van der Waals surface area contributed by atoms with Crippen LogP contribution >= 0.6 is 0 Å². The minimum atomic E-state index is -3.05. The smallest absolute Gasteiger partial charge is 0.211 e. The lowest BCUT2D eigenvalue weighted by Crippen LogP contribution is -2.46. The lowest BCUT2D eigenvalue weighted by atomic mass is 10.1. The highest BCUT2D eigenvalue weighted by Gasteiger charge is 2.26. The molecule has 0 atom stereocenters. The zero-order chi connectivity index (χ0) is 17.0. The third-order valence-corrected chi connectivity index (χ3v) is 6.01. The highest BCUT2D eigenvalue weighted by molar-refractivity contribution is 7.88. The van der Waals surface area contributed by atoms with Gasteiger partial charge in [0.15, 0.2) is 0 Å². The van der Waals surface area contributed by atoms with E-state index in [4.69, 9.17) is 4.74 Å². The van der Waals surface area contributed by atoms with Crippen LogP contribution in [-0.4, -0.2) is 63.2 Å². The van der Waals surface area contributed by atoms with Crippen molar-refractivity contribution in [1.29, 1.82) is 0 Å². The summed E-state index contributed by atoms with van der Waals surface area (Å²) >= 11 is 0. The van der Waals surface area contributed by atoms with E-state index in [9.17, 15) is 8.42 Å². The SMILES string of the molecule is Cc1ccc(OCCN(C)C2CCN(S(C)(=O)=O)CC2)cc1C. The van der Waals surface area contributed by atoms with Crippen molar-refractivity contribution in [3.8, 4) is 5.75 Å². The Bertz CT molecular complexity index is 623. The zero-order valence-electron chi connectivity index (χ0n) is 14.6. The maximum atomic E-state index is 11.5. The lowest BCUT2D eigenvalue weighted by Gasteiger charge is -2.35. The average Bonchev–Trinajstić information content (AvgIpc) is 2.50. The molecule has 0 aliphatic carbocycles. The van der Waals surface area contributed by atoms with Gasteiger partial charge in [0.25, 0.3) is 0 Å². The van der Waals surface area contributed by atoms with Crippen LogP contribution in [-0.2, 0) is 10.0 Å². The van der Waals surface area contributed by atoms with Crippen LogP contribution in [0, 0.1) is 13.8 Å². The van der Waals surface area contributed by atoms with Crippen LogP contribution in [0.4, 0.5) is 0 Å². The summed E-state index contributed by atoms with van der Waals surface area (Å²) in [5.74, 6) is 0.911. The summed E-state index contributed by atoms with van der Waals surface area (Å²) in [6.07, 6.45) is 3.05. The highest BCUT2D eigenvalue weighted by atomic mass is 32.2. The predicted octanol–water partition coefficient (Wildman–Crippen LogP) is 2.04. The normalized spacial score (nSPS) is 17.6. The Morgan fingerprint density at radius 3 is 2.43 bits per heavy atom. The number of hydrogen-bond donors (Lipinski definition) is 0. The fourth-order valence-corrected chi connectivity index (χ4v) is 3.78. The summed E-state index contributed by atoms with van der Waals surface area (Å²) in [5.41, 5.74) is 2.51. The molecule has 1 aliphatic heterocycles. The summed E-state index contributed by atoms with van der Waals surface area (Å²) in [6, 6.07) is 6.58. The van der Waals surface area contributed by atoms with Gasteiger partial charge in [-0.3, -0.25) is 4.90 Å². The van der Waals surface area contributed by atoms with Crippen LogP contribution in [0.1, 0.15) is 24.0 Å². The molecule has 0 aromatic heterocycles. The molecular formula is C17H28N2O3S. The van der Waals surface area contributed by atoms with Gasteiger partial charge in [-0.2, -0.15) is 0 Å². The molecule has 0 N–H and O–H groups in total. The van der Waals surface area contributed by atoms with Gasteiger partial charge in [-0.25, -0.2) is 12.7 Å². The van der Waals surface area contributed by atoms with Gasteiger partial charge in [0.2, 0.25) is 10.0 Å². The standard InChI is InChI=1S/C17H28N2O3S/c1-14-5-6-17(13-15(14)2)22-12-11-18(3)16-7-9-19(10-8-16)23(4,20)21/h5-6,13,16H,7-12H2,1-4H3. The Morgan fingerprint density at radius 1 is 1.22 bits per heavy atom. The molecule has 1 aromatic carbocycles. The van der Waals surface area contributed by atoms with E-state index in [0.29, 0.717) is 25.7 Å². The van der Waals surface area contributed by atoms with Gasteiger partial charge in [0.05, 0.1) is 6.26 Å². The van der Waals surface area contributed by atoms with Gasteiger partial charge in [-0.1, -0.05) is 6.07 Å². The molecule has 23 heavy (non-hydrogen) atoms. The second-order valence-corrected chi connectivity index (χ2v) is 8.45. The fraction of sp³-hybridized carbons (Fsp3) is 0.647. The maximum absolute atomic E-state index is 11.5. The van der Waals surface area contributed by atoms with Crippen LogP contribution in [0.2, 0.25) is 0 Å². The number of ether oxygens (including phenoxy) is 1. The molecule has 2 rings (SSSR count). The minimum Gasteiger partial charge on any atom is -0.492 e. The Labute approximate surface area is 140 Å². The Hall–Kier alpha value is -1.11. The van der Waals surface area contributed by atoms with Crippen molar-refractivity contribution in [1.82, 2.24) is 9.21 Å². The topological polar surface area (TPSA) is 49.9 Å². The first-order valence-electron chi connectivity index (χ1n) is 8.13. The molecule has 130 valence electrons. The third kappa shape index (κ3) is 5.19. The number of sulfonamides is 1. The van der Waals surface area contributed by atoms with Crippen LogP contribution in [0.15, 0.2) is 18.2 Å². The molecule has 6 heteroatoms. The average molecular weight is 340 g/mol. The van der Waals surface area contributed by atoms with E-state index in [1.807, 2.05) is 6.07 Å². The molecule has 1 heterocycles. The van der Waals surface area contributed by atoms with E-state index in [0.717, 1.165) is 25.1 Å². The minimum absolute atomic E-state index is 0.427. The van der Waals surface area contributed by atoms with Crippen molar-refractivity contribution in [3.63, 3.8) is 0 Å². The van der Waals surface area contributed by atoms with E-state index >= 15 is 0 Å². The molecule has 1 aliphatic rings. The summed E-state index contributed by atoms with van der Waals surface area (Å²) < 4.78 is 30.5. The molecule has 0 radical (unpaired) electrons. The van der Waals surface area contributed by atoms with Crippen molar-refractivity contribution in [2.75, 3.05) is 39.5 Å². The largest absolute Gasteiger partial charge is 0.492 e. The number of likely N-dealkylation sites (N-methyl/N-ethyl adjacent to an activating group) is 1. The first-order chi connectivity index (χ1) is 10.8. The monoisotopic (exact) mass is 340 g/mol. The number of piperidine rings is 1. The molecule has 0 unspecified atom stereocenters. The summed E-state index contributed by atoms with van der Waals surface area (Å²) in [4.78, 5) is 2.28. The van der Waals surface area contributed by atoms with Gasteiger partial charge in [-0.15, -0.1) is 0 Å². The first kappa shape index (κ1) is 18.2. The fourth-order valence-electron chi connectivity index (χ4n) is 2.91. The Kier molecular flexibility index (Phi) is 6.06. The van der Waals surface area contributed by atoms with Gasteiger partial charge >= 0.3 is 0 Å². The Balaban J connectivity index is 1.75. The number of hydrogen-bond acceptors (Lipinski definition) is 4. The molecule has 5 nitrogen and oxygen atoms in total. The van der Waals surface area contributed by atoms with Crippen LogP contribution in [0.5, 0.6) is 5.75 Å². The number of aryl methyl sites for hydroxylation is 2. The lowest BCUT2D eigenvalue weighted by molar-refractivity contribution is 0.145. The number of nitrogens with zero attached hydrogens (tertiary/aromatic N) is 2.